The highest BCUT2D eigenvalue weighted by Crippen LogP contribution is 2.44. The van der Waals surface area contributed by atoms with Crippen LogP contribution in [-0.2, 0) is 0 Å². The van der Waals surface area contributed by atoms with E-state index in [-0.39, 0.29) is 6.04 Å². The van der Waals surface area contributed by atoms with Crippen LogP contribution < -0.4 is 0 Å². The summed E-state index contributed by atoms with van der Waals surface area (Å²) in [5, 5.41) is 5.03. The van der Waals surface area contributed by atoms with Crippen LogP contribution in [0.4, 0.5) is 0 Å². The molecule has 43 heavy (non-hydrogen) atoms. The highest BCUT2D eigenvalue weighted by Gasteiger charge is 2.23. The van der Waals surface area contributed by atoms with E-state index < -0.39 is 0 Å². The lowest BCUT2D eigenvalue weighted by Crippen LogP contribution is -2.04. The van der Waals surface area contributed by atoms with Crippen molar-refractivity contribution in [3.8, 4) is 11.1 Å². The molecule has 2 heteroatoms. The zero-order chi connectivity index (χ0) is 28.8. The van der Waals surface area contributed by atoms with Gasteiger partial charge in [0.05, 0.1) is 5.71 Å². The van der Waals surface area contributed by atoms with Gasteiger partial charge in [0.15, 0.2) is 0 Å². The van der Waals surface area contributed by atoms with Crippen LogP contribution in [0.3, 0.4) is 0 Å². The number of aliphatic imine (C=N–C) groups is 1. The topological polar surface area (TPSA) is 12.4 Å². The highest BCUT2D eigenvalue weighted by atomic mass is 32.1. The molecule has 1 atom stereocenters. The number of nitrogens with zero attached hydrogens (tertiary/aromatic N) is 1. The molecular weight excluding hydrogens is 539 g/mol. The Bertz CT molecular complexity index is 2280. The Kier molecular flexibility index (Phi) is 6.23. The van der Waals surface area contributed by atoms with Crippen LogP contribution in [0.15, 0.2) is 168 Å². The summed E-state index contributed by atoms with van der Waals surface area (Å²) in [6.45, 7) is 4.65. The minimum Gasteiger partial charge on any atom is -0.271 e. The average molecular weight is 566 g/mol. The van der Waals surface area contributed by atoms with Gasteiger partial charge in [0.2, 0.25) is 0 Å². The standard InChI is InChI=1S/C41H27NS/c1-27-30(25-26-37(28-13-4-2-5-14-28)42-41(27)29-15-6-3-7-16-29)33-23-24-34(32-18-9-8-17-31(32)33)35-20-12-22-39-40(35)36-19-10-11-21-38(36)43-39/h2-24,26,41H,1H2. The zero-order valence-electron chi connectivity index (χ0n) is 23.5. The molecule has 1 nitrogen and oxygen atoms in total. The van der Waals surface area contributed by atoms with Crippen molar-refractivity contribution < 1.29 is 0 Å². The number of hydrogen-bond donors (Lipinski definition) is 0. The smallest absolute Gasteiger partial charge is 0.101 e. The predicted octanol–water partition coefficient (Wildman–Crippen LogP) is 11.2. The van der Waals surface area contributed by atoms with Crippen LogP contribution in [0.2, 0.25) is 0 Å². The SMILES string of the molecule is C=C1C(c2ccc(-c3cccc4sc5ccccc5c34)c3ccccc23)=C=CC(c2ccccc2)=NC1c1ccccc1. The molecule has 202 valence electrons. The van der Waals surface area contributed by atoms with E-state index in [1.165, 1.54) is 42.1 Å². The van der Waals surface area contributed by atoms with E-state index in [1.807, 2.05) is 29.5 Å². The second-order valence-electron chi connectivity index (χ2n) is 10.9. The first kappa shape index (κ1) is 25.4. The van der Waals surface area contributed by atoms with Crippen LogP contribution in [0.25, 0.3) is 47.6 Å². The molecule has 0 N–H and O–H groups in total. The fourth-order valence-corrected chi connectivity index (χ4v) is 7.44. The summed E-state index contributed by atoms with van der Waals surface area (Å²) in [6, 6.07) is 49.2. The van der Waals surface area contributed by atoms with Gasteiger partial charge in [-0.1, -0.05) is 134 Å². The van der Waals surface area contributed by atoms with E-state index in [1.54, 1.807) is 0 Å². The first-order valence-corrected chi connectivity index (χ1v) is 15.3. The number of thiophene rings is 1. The van der Waals surface area contributed by atoms with Crippen molar-refractivity contribution in [1.82, 2.24) is 0 Å². The number of fused-ring (bicyclic) bond motifs is 4. The van der Waals surface area contributed by atoms with E-state index >= 15 is 0 Å². The molecule has 0 fully saturated rings. The molecular formula is C41H27NS. The Labute approximate surface area is 255 Å². The van der Waals surface area contributed by atoms with E-state index in [4.69, 9.17) is 4.99 Å². The molecule has 2 heterocycles. The van der Waals surface area contributed by atoms with Crippen molar-refractivity contribution in [2.45, 2.75) is 6.04 Å². The van der Waals surface area contributed by atoms with E-state index in [2.05, 4.69) is 140 Å². The lowest BCUT2D eigenvalue weighted by Gasteiger charge is -2.20. The molecule has 1 unspecified atom stereocenters. The molecule has 0 aliphatic carbocycles. The Hall–Kier alpha value is -5.27. The Morgan fingerprint density at radius 2 is 1.19 bits per heavy atom. The second kappa shape index (κ2) is 10.5. The predicted molar refractivity (Wildman–Crippen MR) is 185 cm³/mol. The Balaban J connectivity index is 1.35. The molecule has 8 rings (SSSR count). The van der Waals surface area contributed by atoms with E-state index in [0.717, 1.165) is 33.5 Å². The third kappa shape index (κ3) is 4.37. The van der Waals surface area contributed by atoms with E-state index in [9.17, 15) is 0 Å². The minimum atomic E-state index is -0.220. The van der Waals surface area contributed by atoms with Gasteiger partial charge in [-0.15, -0.1) is 17.1 Å². The first-order chi connectivity index (χ1) is 21.3. The van der Waals surface area contributed by atoms with Gasteiger partial charge < -0.3 is 0 Å². The maximum Gasteiger partial charge on any atom is 0.101 e. The molecule has 0 radical (unpaired) electrons. The molecule has 7 aromatic rings. The largest absolute Gasteiger partial charge is 0.271 e. The molecule has 0 amide bonds. The van der Waals surface area contributed by atoms with Gasteiger partial charge in [-0.05, 0) is 50.7 Å². The van der Waals surface area contributed by atoms with Crippen LogP contribution in [0.1, 0.15) is 22.7 Å². The van der Waals surface area contributed by atoms with Crippen LogP contribution in [-0.4, -0.2) is 5.71 Å². The van der Waals surface area contributed by atoms with Crippen LogP contribution in [0.5, 0.6) is 0 Å². The Morgan fingerprint density at radius 1 is 0.558 bits per heavy atom. The monoisotopic (exact) mass is 565 g/mol. The van der Waals surface area contributed by atoms with Crippen molar-refractivity contribution in [3.63, 3.8) is 0 Å². The normalized spacial score (nSPS) is 15.1. The third-order valence-electron chi connectivity index (χ3n) is 8.34. The van der Waals surface area contributed by atoms with Gasteiger partial charge in [0.1, 0.15) is 6.04 Å². The summed E-state index contributed by atoms with van der Waals surface area (Å²) in [5.74, 6) is 0. The average Bonchev–Trinajstić information content (AvgIpc) is 3.37. The number of rotatable bonds is 4. The summed E-state index contributed by atoms with van der Waals surface area (Å²) in [6.07, 6.45) is 2.03. The molecule has 0 saturated heterocycles. The molecule has 0 saturated carbocycles. The zero-order valence-corrected chi connectivity index (χ0v) is 24.3. The first-order valence-electron chi connectivity index (χ1n) is 14.5. The lowest BCUT2D eigenvalue weighted by molar-refractivity contribution is 0.884. The van der Waals surface area contributed by atoms with Gasteiger partial charge in [0.25, 0.3) is 0 Å². The number of benzene rings is 6. The van der Waals surface area contributed by atoms with Crippen molar-refractivity contribution in [2.75, 3.05) is 0 Å². The van der Waals surface area contributed by atoms with Gasteiger partial charge in [-0.25, -0.2) is 0 Å². The van der Waals surface area contributed by atoms with Gasteiger partial charge >= 0.3 is 0 Å². The van der Waals surface area contributed by atoms with Crippen molar-refractivity contribution in [2.24, 2.45) is 4.99 Å². The van der Waals surface area contributed by atoms with Gasteiger partial charge in [-0.3, -0.25) is 4.99 Å². The molecule has 1 aromatic heterocycles. The van der Waals surface area contributed by atoms with Gasteiger partial charge in [0, 0.05) is 37.4 Å². The van der Waals surface area contributed by atoms with Crippen molar-refractivity contribution in [3.05, 3.63) is 180 Å². The maximum absolute atomic E-state index is 5.25. The fourth-order valence-electron chi connectivity index (χ4n) is 6.30. The lowest BCUT2D eigenvalue weighted by atomic mass is 9.86. The van der Waals surface area contributed by atoms with Crippen LogP contribution in [0, 0.1) is 0 Å². The van der Waals surface area contributed by atoms with Crippen molar-refractivity contribution in [1.29, 1.82) is 0 Å². The summed E-state index contributed by atoms with van der Waals surface area (Å²) in [7, 11) is 0. The second-order valence-corrected chi connectivity index (χ2v) is 11.9. The minimum absolute atomic E-state index is 0.220. The quantitative estimate of drug-likeness (QED) is 0.188. The summed E-state index contributed by atoms with van der Waals surface area (Å²) < 4.78 is 2.63. The molecule has 6 aromatic carbocycles. The number of hydrogen-bond acceptors (Lipinski definition) is 2. The summed E-state index contributed by atoms with van der Waals surface area (Å²) in [5.41, 5.74) is 12.3. The molecule has 1 aliphatic rings. The third-order valence-corrected chi connectivity index (χ3v) is 9.48. The Morgan fingerprint density at radius 3 is 1.98 bits per heavy atom. The molecule has 0 bridgehead atoms. The molecule has 1 aliphatic heterocycles. The maximum atomic E-state index is 5.25. The van der Waals surface area contributed by atoms with Crippen molar-refractivity contribution >= 4 is 53.6 Å². The molecule has 0 spiro atoms. The summed E-state index contributed by atoms with van der Waals surface area (Å²) >= 11 is 1.86. The fraction of sp³-hybridized carbons (Fsp3) is 0.0244. The highest BCUT2D eigenvalue weighted by molar-refractivity contribution is 7.25. The summed E-state index contributed by atoms with van der Waals surface area (Å²) in [4.78, 5) is 5.25. The van der Waals surface area contributed by atoms with Crippen LogP contribution >= 0.6 is 11.3 Å². The van der Waals surface area contributed by atoms with Gasteiger partial charge in [-0.2, -0.15) is 0 Å². The van der Waals surface area contributed by atoms with E-state index in [0.29, 0.717) is 0 Å².